The lowest BCUT2D eigenvalue weighted by Crippen LogP contribution is -1.99. The third-order valence-electron chi connectivity index (χ3n) is 1.38. The molecule has 4 heteroatoms. The summed E-state index contributed by atoms with van der Waals surface area (Å²) in [6, 6.07) is 0. The minimum absolute atomic E-state index is 0.0625. The van der Waals surface area contributed by atoms with Crippen LogP contribution in [0.3, 0.4) is 0 Å². The fourth-order valence-corrected chi connectivity index (χ4v) is 0.764. The zero-order valence-electron chi connectivity index (χ0n) is 9.91. The second-order valence-electron chi connectivity index (χ2n) is 3.27. The van der Waals surface area contributed by atoms with Gasteiger partial charge in [-0.1, -0.05) is 13.3 Å². The molecular formula is C11H22O4. The molecule has 0 saturated heterocycles. The zero-order valence-corrected chi connectivity index (χ0v) is 9.91. The summed E-state index contributed by atoms with van der Waals surface area (Å²) in [5.41, 5.74) is 0. The Morgan fingerprint density at radius 1 is 1.13 bits per heavy atom. The molecule has 15 heavy (non-hydrogen) atoms. The first-order valence-corrected chi connectivity index (χ1v) is 5.22. The van der Waals surface area contributed by atoms with Gasteiger partial charge < -0.3 is 9.84 Å². The van der Waals surface area contributed by atoms with Crippen molar-refractivity contribution in [1.82, 2.24) is 0 Å². The van der Waals surface area contributed by atoms with Crippen LogP contribution in [0.25, 0.3) is 0 Å². The van der Waals surface area contributed by atoms with Crippen molar-refractivity contribution >= 4 is 11.6 Å². The smallest absolute Gasteiger partial charge is 0.137 e. The lowest BCUT2D eigenvalue weighted by molar-refractivity contribution is -0.124. The Morgan fingerprint density at radius 2 is 1.67 bits per heavy atom. The van der Waals surface area contributed by atoms with Gasteiger partial charge in [0.2, 0.25) is 0 Å². The molecule has 4 nitrogen and oxygen atoms in total. The highest BCUT2D eigenvalue weighted by Crippen LogP contribution is 1.85. The van der Waals surface area contributed by atoms with Gasteiger partial charge in [0.15, 0.2) is 0 Å². The molecule has 0 rings (SSSR count). The van der Waals surface area contributed by atoms with E-state index in [1.54, 1.807) is 0 Å². The van der Waals surface area contributed by atoms with Crippen LogP contribution in [0.2, 0.25) is 0 Å². The molecule has 0 radical (unpaired) electrons. The lowest BCUT2D eigenvalue weighted by atomic mass is 10.2. The molecule has 0 aromatic heterocycles. The molecule has 0 saturated carbocycles. The highest BCUT2D eigenvalue weighted by Gasteiger charge is 1.94. The highest BCUT2D eigenvalue weighted by atomic mass is 16.5. The number of hydrogen-bond acceptors (Lipinski definition) is 4. The molecule has 0 aliphatic heterocycles. The van der Waals surface area contributed by atoms with Crippen LogP contribution < -0.4 is 0 Å². The molecule has 0 spiro atoms. The van der Waals surface area contributed by atoms with E-state index in [2.05, 4.69) is 6.92 Å². The van der Waals surface area contributed by atoms with Crippen LogP contribution in [0.15, 0.2) is 0 Å². The van der Waals surface area contributed by atoms with Gasteiger partial charge in [0.1, 0.15) is 11.6 Å². The molecular weight excluding hydrogens is 196 g/mol. The molecule has 0 aromatic carbocycles. The fourth-order valence-electron chi connectivity index (χ4n) is 0.764. The summed E-state index contributed by atoms with van der Waals surface area (Å²) >= 11 is 0. The number of ketones is 2. The van der Waals surface area contributed by atoms with Crippen molar-refractivity contribution in [2.45, 2.75) is 40.0 Å². The second-order valence-corrected chi connectivity index (χ2v) is 3.27. The zero-order chi connectivity index (χ0) is 12.1. The van der Waals surface area contributed by atoms with E-state index in [0.717, 1.165) is 19.4 Å². The maximum Gasteiger partial charge on any atom is 0.137 e. The monoisotopic (exact) mass is 218 g/mol. The van der Waals surface area contributed by atoms with Crippen LogP contribution in [-0.2, 0) is 14.3 Å². The lowest BCUT2D eigenvalue weighted by Gasteiger charge is -1.97. The molecule has 0 fully saturated rings. The Kier molecular flexibility index (Phi) is 14.7. The number of aliphatic hydroxyl groups excluding tert-OH is 1. The van der Waals surface area contributed by atoms with E-state index >= 15 is 0 Å². The number of rotatable bonds is 7. The third-order valence-corrected chi connectivity index (χ3v) is 1.38. The molecule has 0 aromatic rings. The van der Waals surface area contributed by atoms with Gasteiger partial charge >= 0.3 is 0 Å². The van der Waals surface area contributed by atoms with E-state index in [0.29, 0.717) is 6.61 Å². The Morgan fingerprint density at radius 3 is 1.93 bits per heavy atom. The van der Waals surface area contributed by atoms with Crippen molar-refractivity contribution in [3.63, 3.8) is 0 Å². The van der Waals surface area contributed by atoms with Gasteiger partial charge in [-0.15, -0.1) is 0 Å². The van der Waals surface area contributed by atoms with Gasteiger partial charge in [-0.05, 0) is 20.3 Å². The third kappa shape index (κ3) is 24.6. The molecule has 0 heterocycles. The topological polar surface area (TPSA) is 63.6 Å². The number of hydrogen-bond donors (Lipinski definition) is 1. The summed E-state index contributed by atoms with van der Waals surface area (Å²) < 4.78 is 4.97. The van der Waals surface area contributed by atoms with Crippen molar-refractivity contribution in [3.05, 3.63) is 0 Å². The largest absolute Gasteiger partial charge is 0.394 e. The number of unbranched alkanes of at least 4 members (excludes halogenated alkanes) is 1. The molecule has 0 unspecified atom stereocenters. The van der Waals surface area contributed by atoms with Gasteiger partial charge in [0.25, 0.3) is 0 Å². The van der Waals surface area contributed by atoms with E-state index in [9.17, 15) is 9.59 Å². The van der Waals surface area contributed by atoms with Crippen molar-refractivity contribution in [2.75, 3.05) is 19.8 Å². The Labute approximate surface area is 91.6 Å². The van der Waals surface area contributed by atoms with Gasteiger partial charge in [0.05, 0.1) is 19.6 Å². The fraction of sp³-hybridized carbons (Fsp3) is 0.818. The first-order chi connectivity index (χ1) is 7.04. The summed E-state index contributed by atoms with van der Waals surface area (Å²) in [6.45, 7) is 6.34. The normalized spacial score (nSPS) is 9.07. The molecule has 0 atom stereocenters. The summed E-state index contributed by atoms with van der Waals surface area (Å²) in [5.74, 6) is -0.125. The molecule has 0 aliphatic carbocycles. The minimum Gasteiger partial charge on any atom is -0.394 e. The number of aliphatic hydroxyl groups is 1. The van der Waals surface area contributed by atoms with Crippen molar-refractivity contribution in [2.24, 2.45) is 0 Å². The second kappa shape index (κ2) is 13.3. The van der Waals surface area contributed by atoms with Crippen molar-refractivity contribution < 1.29 is 19.4 Å². The number of carbonyl (C=O) groups excluding carboxylic acids is 2. The van der Waals surface area contributed by atoms with Crippen molar-refractivity contribution in [1.29, 1.82) is 0 Å². The van der Waals surface area contributed by atoms with E-state index in [1.165, 1.54) is 13.8 Å². The quantitative estimate of drug-likeness (QED) is 0.517. The first kappa shape index (κ1) is 16.7. The van der Waals surface area contributed by atoms with Gasteiger partial charge in [0, 0.05) is 6.61 Å². The number of ether oxygens (including phenoxy) is 1. The van der Waals surface area contributed by atoms with Crippen LogP contribution in [0.1, 0.15) is 40.0 Å². The number of Topliss-reactive ketones (excluding diaryl/α,β-unsaturated/α-hetero) is 2. The van der Waals surface area contributed by atoms with E-state index in [4.69, 9.17) is 9.84 Å². The van der Waals surface area contributed by atoms with Crippen LogP contribution in [0, 0.1) is 0 Å². The predicted octanol–water partition coefficient (Wildman–Crippen LogP) is 1.35. The van der Waals surface area contributed by atoms with Gasteiger partial charge in [-0.2, -0.15) is 0 Å². The number of carbonyl (C=O) groups is 2. The molecule has 0 bridgehead atoms. The first-order valence-electron chi connectivity index (χ1n) is 5.22. The maximum absolute atomic E-state index is 10.0. The average molecular weight is 218 g/mol. The molecule has 1 N–H and O–H groups in total. The predicted molar refractivity (Wildman–Crippen MR) is 58.8 cm³/mol. The van der Waals surface area contributed by atoms with Crippen LogP contribution in [-0.4, -0.2) is 36.5 Å². The van der Waals surface area contributed by atoms with Crippen LogP contribution in [0.4, 0.5) is 0 Å². The maximum atomic E-state index is 10.0. The standard InChI is InChI=1S/C6H14O2.C5H8O2/c1-2-3-5-8-6-4-7;1-4(6)3-5(2)7/h7H,2-6H2,1H3;3H2,1-2H3. The summed E-state index contributed by atoms with van der Waals surface area (Å²) in [6.07, 6.45) is 2.34. The Hall–Kier alpha value is -0.740. The van der Waals surface area contributed by atoms with E-state index < -0.39 is 0 Å². The molecule has 0 aliphatic rings. The summed E-state index contributed by atoms with van der Waals surface area (Å²) in [5, 5.41) is 8.24. The molecule has 0 amide bonds. The van der Waals surface area contributed by atoms with Crippen LogP contribution >= 0.6 is 0 Å². The van der Waals surface area contributed by atoms with Crippen LogP contribution in [0.5, 0.6) is 0 Å². The highest BCUT2D eigenvalue weighted by molar-refractivity contribution is 5.96. The van der Waals surface area contributed by atoms with Crippen molar-refractivity contribution in [3.8, 4) is 0 Å². The van der Waals surface area contributed by atoms with E-state index in [-0.39, 0.29) is 24.6 Å². The summed E-state index contributed by atoms with van der Waals surface area (Å²) in [7, 11) is 0. The Bertz CT molecular complexity index is 148. The minimum atomic E-state index is -0.0625. The SMILES string of the molecule is CC(=O)CC(C)=O.CCCCOCCO. The Balaban J connectivity index is 0. The average Bonchev–Trinajstić information content (AvgIpc) is 2.11. The summed E-state index contributed by atoms with van der Waals surface area (Å²) in [4.78, 5) is 20.1. The van der Waals surface area contributed by atoms with E-state index in [1.807, 2.05) is 0 Å². The molecule has 90 valence electrons. The van der Waals surface area contributed by atoms with Gasteiger partial charge in [-0.3, -0.25) is 9.59 Å². The van der Waals surface area contributed by atoms with Gasteiger partial charge in [-0.25, -0.2) is 0 Å².